The molecule has 8 nitrogen and oxygen atoms in total. The standard InChI is InChI=1S/C16H20N4O4/c1-10-18-15(24-19-10)12-8-20(9-12)16(21)17-7-11-4-5-13(22-2)14(6-11)23-3/h4-6,12H,7-9H2,1-3H3,(H,17,21). The molecular weight excluding hydrogens is 312 g/mol. The fourth-order valence-corrected chi connectivity index (χ4v) is 2.56. The molecule has 0 aliphatic carbocycles. The van der Waals surface area contributed by atoms with Gasteiger partial charge in [0.1, 0.15) is 0 Å². The van der Waals surface area contributed by atoms with Crippen molar-refractivity contribution < 1.29 is 18.8 Å². The summed E-state index contributed by atoms with van der Waals surface area (Å²) in [5.74, 6) is 2.63. The quantitative estimate of drug-likeness (QED) is 0.896. The molecule has 1 fully saturated rings. The molecule has 1 aliphatic heterocycles. The summed E-state index contributed by atoms with van der Waals surface area (Å²) in [4.78, 5) is 18.1. The van der Waals surface area contributed by atoms with Crippen LogP contribution in [0.5, 0.6) is 11.5 Å². The Hall–Kier alpha value is -2.77. The Balaban J connectivity index is 1.50. The van der Waals surface area contributed by atoms with E-state index in [1.54, 1.807) is 26.0 Å². The summed E-state index contributed by atoms with van der Waals surface area (Å²) in [5, 5.41) is 6.66. The summed E-state index contributed by atoms with van der Waals surface area (Å²) in [6.45, 7) is 3.36. The molecule has 0 unspecified atom stereocenters. The molecular formula is C16H20N4O4. The first-order valence-electron chi connectivity index (χ1n) is 7.64. The molecule has 128 valence electrons. The normalized spacial score (nSPS) is 14.2. The Morgan fingerprint density at radius 3 is 2.71 bits per heavy atom. The molecule has 3 rings (SSSR count). The van der Waals surface area contributed by atoms with Crippen LogP contribution in [0.1, 0.15) is 23.2 Å². The smallest absolute Gasteiger partial charge is 0.317 e. The highest BCUT2D eigenvalue weighted by Crippen LogP contribution is 2.28. The zero-order valence-corrected chi connectivity index (χ0v) is 13.9. The summed E-state index contributed by atoms with van der Waals surface area (Å²) in [5.41, 5.74) is 0.936. The summed E-state index contributed by atoms with van der Waals surface area (Å²) >= 11 is 0. The number of aromatic nitrogens is 2. The zero-order chi connectivity index (χ0) is 17.1. The topological polar surface area (TPSA) is 89.7 Å². The number of methoxy groups -OCH3 is 2. The number of nitrogens with zero attached hydrogens (tertiary/aromatic N) is 3. The summed E-state index contributed by atoms with van der Waals surface area (Å²) in [7, 11) is 3.17. The van der Waals surface area contributed by atoms with Crippen molar-refractivity contribution in [2.24, 2.45) is 0 Å². The van der Waals surface area contributed by atoms with E-state index in [0.717, 1.165) is 5.56 Å². The van der Waals surface area contributed by atoms with Crippen molar-refractivity contribution in [1.82, 2.24) is 20.4 Å². The minimum Gasteiger partial charge on any atom is -0.493 e. The fourth-order valence-electron chi connectivity index (χ4n) is 2.56. The molecule has 0 saturated carbocycles. The molecule has 0 spiro atoms. The minimum atomic E-state index is -0.114. The number of rotatable bonds is 5. The van der Waals surface area contributed by atoms with Crippen molar-refractivity contribution in [2.45, 2.75) is 19.4 Å². The van der Waals surface area contributed by atoms with Crippen molar-refractivity contribution in [3.05, 3.63) is 35.5 Å². The van der Waals surface area contributed by atoms with E-state index in [4.69, 9.17) is 14.0 Å². The first-order valence-corrected chi connectivity index (χ1v) is 7.64. The van der Waals surface area contributed by atoms with E-state index in [-0.39, 0.29) is 11.9 Å². The van der Waals surface area contributed by atoms with Gasteiger partial charge in [-0.15, -0.1) is 0 Å². The summed E-state index contributed by atoms with van der Waals surface area (Å²) < 4.78 is 15.6. The predicted octanol–water partition coefficient (Wildman–Crippen LogP) is 1.70. The second-order valence-corrected chi connectivity index (χ2v) is 5.63. The van der Waals surface area contributed by atoms with Gasteiger partial charge in [-0.25, -0.2) is 4.79 Å². The molecule has 0 bridgehead atoms. The van der Waals surface area contributed by atoms with E-state index in [2.05, 4.69) is 15.5 Å². The number of carbonyl (C=O) groups excluding carboxylic acids is 1. The van der Waals surface area contributed by atoms with Crippen LogP contribution in [0.2, 0.25) is 0 Å². The second-order valence-electron chi connectivity index (χ2n) is 5.63. The maximum Gasteiger partial charge on any atom is 0.317 e. The average Bonchev–Trinajstić information content (AvgIpc) is 2.97. The summed E-state index contributed by atoms with van der Waals surface area (Å²) in [6, 6.07) is 5.44. The Morgan fingerprint density at radius 1 is 1.33 bits per heavy atom. The molecule has 1 N–H and O–H groups in total. The van der Waals surface area contributed by atoms with Gasteiger partial charge in [0.2, 0.25) is 5.89 Å². The van der Waals surface area contributed by atoms with Crippen molar-refractivity contribution in [1.29, 1.82) is 0 Å². The van der Waals surface area contributed by atoms with Gasteiger partial charge in [0.25, 0.3) is 0 Å². The predicted molar refractivity (Wildman–Crippen MR) is 85.1 cm³/mol. The third-order valence-corrected chi connectivity index (χ3v) is 3.95. The van der Waals surface area contributed by atoms with Crippen LogP contribution in [-0.2, 0) is 6.54 Å². The van der Waals surface area contributed by atoms with E-state index >= 15 is 0 Å². The molecule has 0 atom stereocenters. The van der Waals surface area contributed by atoms with E-state index in [1.807, 2.05) is 18.2 Å². The lowest BCUT2D eigenvalue weighted by Gasteiger charge is -2.36. The summed E-state index contributed by atoms with van der Waals surface area (Å²) in [6.07, 6.45) is 0. The number of urea groups is 1. The van der Waals surface area contributed by atoms with Gasteiger partial charge in [-0.05, 0) is 24.6 Å². The lowest BCUT2D eigenvalue weighted by Crippen LogP contribution is -2.52. The van der Waals surface area contributed by atoms with Gasteiger partial charge in [0.15, 0.2) is 17.3 Å². The molecule has 0 radical (unpaired) electrons. The zero-order valence-electron chi connectivity index (χ0n) is 13.9. The highest BCUT2D eigenvalue weighted by Gasteiger charge is 2.35. The van der Waals surface area contributed by atoms with E-state index in [9.17, 15) is 4.79 Å². The Morgan fingerprint density at radius 2 is 2.08 bits per heavy atom. The van der Waals surface area contributed by atoms with E-state index in [1.165, 1.54) is 0 Å². The van der Waals surface area contributed by atoms with Gasteiger partial charge >= 0.3 is 6.03 Å². The maximum absolute atomic E-state index is 12.2. The highest BCUT2D eigenvalue weighted by atomic mass is 16.5. The first-order chi connectivity index (χ1) is 11.6. The van der Waals surface area contributed by atoms with Crippen molar-refractivity contribution in [2.75, 3.05) is 27.3 Å². The van der Waals surface area contributed by atoms with Gasteiger partial charge in [-0.2, -0.15) is 4.98 Å². The van der Waals surface area contributed by atoms with E-state index in [0.29, 0.717) is 42.8 Å². The lowest BCUT2D eigenvalue weighted by molar-refractivity contribution is 0.136. The SMILES string of the molecule is COc1ccc(CNC(=O)N2CC(c3nc(C)no3)C2)cc1OC. The molecule has 2 amide bonds. The largest absolute Gasteiger partial charge is 0.493 e. The van der Waals surface area contributed by atoms with Crippen LogP contribution >= 0.6 is 0 Å². The van der Waals surface area contributed by atoms with Crippen LogP contribution in [-0.4, -0.2) is 48.4 Å². The molecule has 1 saturated heterocycles. The van der Waals surface area contributed by atoms with Crippen molar-refractivity contribution >= 4 is 6.03 Å². The number of aryl methyl sites for hydroxylation is 1. The third-order valence-electron chi connectivity index (χ3n) is 3.95. The van der Waals surface area contributed by atoms with Gasteiger partial charge in [0, 0.05) is 19.6 Å². The highest BCUT2D eigenvalue weighted by molar-refractivity contribution is 5.75. The van der Waals surface area contributed by atoms with Crippen LogP contribution in [0.3, 0.4) is 0 Å². The Bertz CT molecular complexity index is 725. The number of nitrogens with one attached hydrogen (secondary N) is 1. The monoisotopic (exact) mass is 332 g/mol. The molecule has 1 aromatic heterocycles. The van der Waals surface area contributed by atoms with Crippen molar-refractivity contribution in [3.63, 3.8) is 0 Å². The Labute approximate surface area is 139 Å². The molecule has 2 aromatic rings. The van der Waals surface area contributed by atoms with Gasteiger partial charge in [-0.1, -0.05) is 11.2 Å². The van der Waals surface area contributed by atoms with Crippen molar-refractivity contribution in [3.8, 4) is 11.5 Å². The second kappa shape index (κ2) is 6.77. The average molecular weight is 332 g/mol. The van der Waals surface area contributed by atoms with Gasteiger partial charge in [-0.3, -0.25) is 0 Å². The van der Waals surface area contributed by atoms with Gasteiger partial charge < -0.3 is 24.2 Å². The number of ether oxygens (including phenoxy) is 2. The van der Waals surface area contributed by atoms with Crippen LogP contribution in [0.4, 0.5) is 4.79 Å². The molecule has 8 heteroatoms. The molecule has 1 aliphatic rings. The lowest BCUT2D eigenvalue weighted by atomic mass is 10.0. The van der Waals surface area contributed by atoms with E-state index < -0.39 is 0 Å². The third kappa shape index (κ3) is 3.27. The molecule has 1 aromatic carbocycles. The fraction of sp³-hybridized carbons (Fsp3) is 0.438. The number of carbonyl (C=O) groups is 1. The molecule has 24 heavy (non-hydrogen) atoms. The Kier molecular flexibility index (Phi) is 4.54. The number of hydrogen-bond acceptors (Lipinski definition) is 6. The molecule has 2 heterocycles. The number of likely N-dealkylation sites (tertiary alicyclic amines) is 1. The number of hydrogen-bond donors (Lipinski definition) is 1. The first kappa shape index (κ1) is 16.1. The van der Waals surface area contributed by atoms with Crippen LogP contribution in [0.25, 0.3) is 0 Å². The number of amides is 2. The maximum atomic E-state index is 12.2. The van der Waals surface area contributed by atoms with Crippen LogP contribution in [0.15, 0.2) is 22.7 Å². The van der Waals surface area contributed by atoms with Gasteiger partial charge in [0.05, 0.1) is 20.1 Å². The van der Waals surface area contributed by atoms with Crippen LogP contribution < -0.4 is 14.8 Å². The number of benzene rings is 1. The van der Waals surface area contributed by atoms with Crippen LogP contribution in [0, 0.1) is 6.92 Å². The minimum absolute atomic E-state index is 0.114.